The highest BCUT2D eigenvalue weighted by atomic mass is 32.2. The van der Waals surface area contributed by atoms with Crippen LogP contribution in [0.4, 0.5) is 5.69 Å². The van der Waals surface area contributed by atoms with Gasteiger partial charge in [-0.2, -0.15) is 0 Å². The molecule has 9 nitrogen and oxygen atoms in total. The van der Waals surface area contributed by atoms with Crippen molar-refractivity contribution in [1.29, 1.82) is 0 Å². The van der Waals surface area contributed by atoms with E-state index in [0.717, 1.165) is 8.87 Å². The molecule has 0 spiro atoms. The molecule has 0 saturated heterocycles. The number of hydrogen-bond donors (Lipinski definition) is 1. The largest absolute Gasteiger partial charge is 0.448 e. The number of fused-ring (bicyclic) bond motifs is 3. The van der Waals surface area contributed by atoms with Crippen LogP contribution in [0.3, 0.4) is 0 Å². The number of sulfonamides is 1. The third kappa shape index (κ3) is 3.36. The fraction of sp³-hybridized carbons (Fsp3) is 0.150. The number of benzene rings is 2. The summed E-state index contributed by atoms with van der Waals surface area (Å²) < 4.78 is 32.7. The summed E-state index contributed by atoms with van der Waals surface area (Å²) in [5.74, 6) is -0.573. The smallest absolute Gasteiger partial charge is 0.297 e. The minimum atomic E-state index is -3.76. The number of rotatable bonds is 5. The maximum atomic E-state index is 12.7. The summed E-state index contributed by atoms with van der Waals surface area (Å²) in [6.45, 7) is -0.352. The average molecular weight is 426 g/mol. The average Bonchev–Trinajstić information content (AvgIpc) is 3.10. The van der Waals surface area contributed by atoms with Gasteiger partial charge in [0.15, 0.2) is 0 Å². The van der Waals surface area contributed by atoms with E-state index in [4.69, 9.17) is 4.42 Å². The number of hydrogen-bond acceptors (Lipinski definition) is 6. The topological polar surface area (TPSA) is 115 Å². The number of carbonyl (C=O) groups excluding carboxylic acids is 1. The van der Waals surface area contributed by atoms with Crippen molar-refractivity contribution in [3.8, 4) is 0 Å². The molecule has 4 rings (SSSR count). The first-order chi connectivity index (χ1) is 14.3. The van der Waals surface area contributed by atoms with Crippen molar-refractivity contribution < 1.29 is 17.6 Å². The van der Waals surface area contributed by atoms with Gasteiger partial charge in [-0.3, -0.25) is 14.2 Å². The fourth-order valence-corrected chi connectivity index (χ4v) is 4.10. The second-order valence-corrected chi connectivity index (χ2v) is 8.91. The molecule has 0 unspecified atom stereocenters. The van der Waals surface area contributed by atoms with Crippen LogP contribution in [0.25, 0.3) is 22.1 Å². The minimum absolute atomic E-state index is 0.0402. The van der Waals surface area contributed by atoms with E-state index >= 15 is 0 Å². The molecular weight excluding hydrogens is 408 g/mol. The molecule has 0 fully saturated rings. The van der Waals surface area contributed by atoms with E-state index in [-0.39, 0.29) is 22.7 Å². The molecule has 2 aromatic heterocycles. The van der Waals surface area contributed by atoms with E-state index in [2.05, 4.69) is 10.3 Å². The summed E-state index contributed by atoms with van der Waals surface area (Å²) in [5.41, 5.74) is 0.640. The van der Waals surface area contributed by atoms with Crippen molar-refractivity contribution >= 4 is 43.7 Å². The van der Waals surface area contributed by atoms with Crippen LogP contribution < -0.4 is 10.9 Å². The number of aromatic nitrogens is 2. The van der Waals surface area contributed by atoms with Crippen LogP contribution in [0.2, 0.25) is 0 Å². The zero-order valence-electron chi connectivity index (χ0n) is 16.2. The Morgan fingerprint density at radius 1 is 1.13 bits per heavy atom. The van der Waals surface area contributed by atoms with Crippen molar-refractivity contribution in [3.05, 3.63) is 65.2 Å². The second kappa shape index (κ2) is 7.39. The van der Waals surface area contributed by atoms with Crippen molar-refractivity contribution in [1.82, 2.24) is 13.9 Å². The zero-order valence-corrected chi connectivity index (χ0v) is 17.0. The zero-order chi connectivity index (χ0) is 21.5. The maximum absolute atomic E-state index is 12.7. The lowest BCUT2D eigenvalue weighted by Gasteiger charge is -2.15. The van der Waals surface area contributed by atoms with Crippen LogP contribution in [-0.2, 0) is 21.4 Å². The molecule has 0 radical (unpaired) electrons. The van der Waals surface area contributed by atoms with Gasteiger partial charge in [0, 0.05) is 19.5 Å². The molecule has 1 amide bonds. The van der Waals surface area contributed by atoms with Crippen molar-refractivity contribution in [2.45, 2.75) is 11.4 Å². The Labute approximate surface area is 171 Å². The van der Waals surface area contributed by atoms with Crippen molar-refractivity contribution in [2.75, 3.05) is 19.4 Å². The van der Waals surface area contributed by atoms with Crippen LogP contribution in [-0.4, -0.2) is 42.3 Å². The SMILES string of the molecule is CN(C)S(=O)(=O)c1ccccc1NC(=O)Cn1cnc2c(oc3ccccc32)c1=O. The van der Waals surface area contributed by atoms with Crippen molar-refractivity contribution in [2.24, 2.45) is 0 Å². The predicted octanol–water partition coefficient (Wildman–Crippen LogP) is 2.03. The number of nitrogens with zero attached hydrogens (tertiary/aromatic N) is 3. The number of furan rings is 1. The van der Waals surface area contributed by atoms with E-state index in [1.54, 1.807) is 30.3 Å². The standard InChI is InChI=1S/C20H18N4O5S/c1-23(2)30(27,28)16-10-6-4-8-14(16)22-17(25)11-24-12-21-18-13-7-3-5-9-15(13)29-19(18)20(24)26/h3-10,12H,11H2,1-2H3,(H,22,25). The maximum Gasteiger partial charge on any atom is 0.297 e. The Kier molecular flexibility index (Phi) is 4.88. The minimum Gasteiger partial charge on any atom is -0.448 e. The number of carbonyl (C=O) groups is 1. The summed E-state index contributed by atoms with van der Waals surface area (Å²) in [6.07, 6.45) is 1.27. The molecule has 0 atom stereocenters. The highest BCUT2D eigenvalue weighted by molar-refractivity contribution is 7.89. The predicted molar refractivity (Wildman–Crippen MR) is 112 cm³/mol. The third-order valence-electron chi connectivity index (χ3n) is 4.58. The van der Waals surface area contributed by atoms with Gasteiger partial charge in [0.1, 0.15) is 22.5 Å². The number of amides is 1. The first kappa shape index (κ1) is 19.8. The molecule has 0 aliphatic heterocycles. The van der Waals surface area contributed by atoms with Gasteiger partial charge in [0.2, 0.25) is 21.5 Å². The Morgan fingerprint density at radius 3 is 2.60 bits per heavy atom. The summed E-state index contributed by atoms with van der Waals surface area (Å²) in [7, 11) is -0.946. The molecule has 1 N–H and O–H groups in total. The van der Waals surface area contributed by atoms with E-state index < -0.39 is 21.5 Å². The van der Waals surface area contributed by atoms with Crippen LogP contribution in [0.15, 0.2) is 69.0 Å². The Bertz CT molecular complexity index is 1440. The lowest BCUT2D eigenvalue weighted by atomic mass is 10.2. The normalized spacial score (nSPS) is 12.0. The molecule has 10 heteroatoms. The van der Waals surface area contributed by atoms with Gasteiger partial charge in [-0.25, -0.2) is 17.7 Å². The van der Waals surface area contributed by atoms with Crippen molar-refractivity contribution in [3.63, 3.8) is 0 Å². The molecule has 0 aliphatic carbocycles. The number of nitrogens with one attached hydrogen (secondary N) is 1. The number of para-hydroxylation sites is 2. The molecule has 0 bridgehead atoms. The molecule has 0 aliphatic rings. The molecule has 2 heterocycles. The summed E-state index contributed by atoms with van der Waals surface area (Å²) in [6, 6.07) is 13.2. The van der Waals surface area contributed by atoms with Crippen LogP contribution in [0.1, 0.15) is 0 Å². The van der Waals surface area contributed by atoms with Gasteiger partial charge in [0.05, 0.1) is 12.0 Å². The number of anilines is 1. The van der Waals surface area contributed by atoms with E-state index in [1.165, 1.54) is 32.6 Å². The Hall–Kier alpha value is -3.50. The second-order valence-electron chi connectivity index (χ2n) is 6.79. The first-order valence-electron chi connectivity index (χ1n) is 8.97. The van der Waals surface area contributed by atoms with Gasteiger partial charge < -0.3 is 9.73 Å². The first-order valence-corrected chi connectivity index (χ1v) is 10.4. The van der Waals surface area contributed by atoms with Crippen LogP contribution in [0, 0.1) is 0 Å². The van der Waals surface area contributed by atoms with Gasteiger partial charge in [0.25, 0.3) is 5.56 Å². The molecular formula is C20H18N4O5S. The van der Waals surface area contributed by atoms with Gasteiger partial charge in [-0.05, 0) is 24.3 Å². The van der Waals surface area contributed by atoms with E-state index in [9.17, 15) is 18.0 Å². The lowest BCUT2D eigenvalue weighted by molar-refractivity contribution is -0.116. The molecule has 30 heavy (non-hydrogen) atoms. The molecule has 4 aromatic rings. The summed E-state index contributed by atoms with van der Waals surface area (Å²) in [4.78, 5) is 29.5. The summed E-state index contributed by atoms with van der Waals surface area (Å²) in [5, 5.41) is 3.27. The highest BCUT2D eigenvalue weighted by Gasteiger charge is 2.22. The quantitative estimate of drug-likeness (QED) is 0.522. The molecule has 154 valence electrons. The Morgan fingerprint density at radius 2 is 1.83 bits per heavy atom. The van der Waals surface area contributed by atoms with E-state index in [0.29, 0.717) is 16.5 Å². The van der Waals surface area contributed by atoms with Gasteiger partial charge >= 0.3 is 0 Å². The van der Waals surface area contributed by atoms with Gasteiger partial charge in [-0.1, -0.05) is 24.3 Å². The third-order valence-corrected chi connectivity index (χ3v) is 6.46. The Balaban J connectivity index is 1.64. The van der Waals surface area contributed by atoms with Crippen LogP contribution in [0.5, 0.6) is 0 Å². The fourth-order valence-electron chi connectivity index (χ4n) is 3.06. The summed E-state index contributed by atoms with van der Waals surface area (Å²) >= 11 is 0. The van der Waals surface area contributed by atoms with Crippen LogP contribution >= 0.6 is 0 Å². The van der Waals surface area contributed by atoms with Gasteiger partial charge in [-0.15, -0.1) is 0 Å². The monoisotopic (exact) mass is 426 g/mol. The molecule has 2 aromatic carbocycles. The lowest BCUT2D eigenvalue weighted by Crippen LogP contribution is -2.29. The van der Waals surface area contributed by atoms with E-state index in [1.807, 2.05) is 6.07 Å². The highest BCUT2D eigenvalue weighted by Crippen LogP contribution is 2.25. The molecule has 0 saturated carbocycles.